The van der Waals surface area contributed by atoms with E-state index in [9.17, 15) is 0 Å². The molecule has 0 atom stereocenters. The summed E-state index contributed by atoms with van der Waals surface area (Å²) >= 11 is 0. The Morgan fingerprint density at radius 3 is 1.00 bits per heavy atom. The van der Waals surface area contributed by atoms with Crippen LogP contribution in [0.3, 0.4) is 0 Å². The Hall–Kier alpha value is 1.71. The van der Waals surface area contributed by atoms with E-state index in [-0.39, 0.29) is 54.6 Å². The van der Waals surface area contributed by atoms with Gasteiger partial charge in [0.05, 0.1) is 0 Å². The molecule has 0 spiro atoms. The second kappa shape index (κ2) is 5.84. The summed E-state index contributed by atoms with van der Waals surface area (Å²) in [6.45, 7) is 0. The zero-order valence-corrected chi connectivity index (χ0v) is 15.3. The molecule has 7 heavy (non-hydrogen) atoms. The average molecular weight is 517 g/mol. The molecule has 0 aromatic rings. The van der Waals surface area contributed by atoms with Crippen molar-refractivity contribution in [2.75, 3.05) is 0 Å². The number of hydrogen-bond acceptors (Lipinski definition) is 2. The van der Waals surface area contributed by atoms with Crippen molar-refractivity contribution in [2.45, 2.75) is 0 Å². The van der Waals surface area contributed by atoms with Crippen molar-refractivity contribution in [1.82, 2.24) is 0 Å². The molecule has 0 bridgehead atoms. The zero-order chi connectivity index (χ0) is 4.50. The van der Waals surface area contributed by atoms with E-state index in [0.717, 1.165) is 0 Å². The maximum atomic E-state index is 8.74. The normalized spacial score (nSPS) is 8.29. The topological polar surface area (TPSA) is 74.6 Å². The van der Waals surface area contributed by atoms with Gasteiger partial charge in [0.25, 0.3) is 0 Å². The minimum absolute atomic E-state index is 0. The Kier molecular flexibility index (Phi) is 13.3. The maximum absolute atomic E-state index is 8.74. The van der Waals surface area contributed by atoms with Gasteiger partial charge in [0.1, 0.15) is 0 Å². The van der Waals surface area contributed by atoms with Gasteiger partial charge in [-0.3, -0.25) is 9.11 Å². The molecule has 0 saturated carbocycles. The first-order valence-corrected chi connectivity index (χ1v) is 2.10. The zero-order valence-electron chi connectivity index (χ0n) is 3.53. The fourth-order valence-electron chi connectivity index (χ4n) is 0. The van der Waals surface area contributed by atoms with Gasteiger partial charge in [-0.05, 0) is 0 Å². The Morgan fingerprint density at radius 1 is 1.00 bits per heavy atom. The van der Waals surface area contributed by atoms with Crippen LogP contribution in [0.4, 0.5) is 0 Å². The summed E-state index contributed by atoms with van der Waals surface area (Å²) < 4.78 is 31.6. The van der Waals surface area contributed by atoms with E-state index in [0.29, 0.717) is 0 Å². The third-order valence-corrected chi connectivity index (χ3v) is 0. The third-order valence-electron chi connectivity index (χ3n) is 0. The van der Waals surface area contributed by atoms with Gasteiger partial charge in [0.2, 0.25) is 0 Å². The molecule has 0 unspecified atom stereocenters. The van der Waals surface area contributed by atoms with Crippen molar-refractivity contribution < 1.29 is 17.5 Å². The molecule has 0 rings (SSSR count). The molecule has 0 aliphatic heterocycles. The molecule has 4 radical (unpaired) electrons. The number of rotatable bonds is 0. The molecule has 0 amide bonds. The van der Waals surface area contributed by atoms with Crippen LogP contribution in [0.15, 0.2) is 0 Å². The molecule has 7 heteroatoms. The van der Waals surface area contributed by atoms with Crippen molar-refractivity contribution in [3.8, 4) is 0 Å². The number of hydrogen-bond donors (Lipinski definition) is 2. The summed E-state index contributed by atoms with van der Waals surface area (Å²) in [5, 5.41) is 0. The Labute approximate surface area is 81.6 Å². The predicted molar refractivity (Wildman–Crippen MR) is 31.3 cm³/mol. The fraction of sp³-hybridized carbons (Fsp3) is 0. The van der Waals surface area contributed by atoms with Gasteiger partial charge in [-0.2, -0.15) is 8.42 Å². The monoisotopic (exact) mass is 518 g/mol. The van der Waals surface area contributed by atoms with Gasteiger partial charge in [0.15, 0.2) is 0 Å². The second-order valence-electron chi connectivity index (χ2n) is 0.448. The summed E-state index contributed by atoms with van der Waals surface area (Å²) in [7, 11) is -4.67. The van der Waals surface area contributed by atoms with Crippen LogP contribution in [0.25, 0.3) is 0 Å². The summed E-state index contributed by atoms with van der Waals surface area (Å²) in [4.78, 5) is 0. The molecular formula is H6O4Pb2S. The quantitative estimate of drug-likeness (QED) is 0.276. The van der Waals surface area contributed by atoms with E-state index in [4.69, 9.17) is 17.5 Å². The average Bonchev–Trinajstić information content (AvgIpc) is 0.722. The minimum atomic E-state index is -4.67. The molecule has 0 heterocycles. The van der Waals surface area contributed by atoms with Gasteiger partial charge in [-0.1, -0.05) is 0 Å². The van der Waals surface area contributed by atoms with Gasteiger partial charge in [0, 0.05) is 0 Å². The van der Waals surface area contributed by atoms with Crippen molar-refractivity contribution in [3.63, 3.8) is 0 Å². The van der Waals surface area contributed by atoms with Crippen LogP contribution in [-0.2, 0) is 10.4 Å². The van der Waals surface area contributed by atoms with Crippen LogP contribution in [0, 0.1) is 0 Å². The van der Waals surface area contributed by atoms with E-state index in [1.165, 1.54) is 0 Å². The van der Waals surface area contributed by atoms with Crippen LogP contribution in [0.2, 0.25) is 0 Å². The van der Waals surface area contributed by atoms with E-state index in [2.05, 4.69) is 0 Å². The molecule has 0 aromatic carbocycles. The molecule has 0 aliphatic carbocycles. The summed E-state index contributed by atoms with van der Waals surface area (Å²) in [5.41, 5.74) is 0. The van der Waals surface area contributed by atoms with Crippen LogP contribution < -0.4 is 0 Å². The molecule has 2 N–H and O–H groups in total. The SMILES string of the molecule is O=S(=O)(O)O.[PbH2].[PbH2]. The van der Waals surface area contributed by atoms with Gasteiger partial charge in [-0.15, -0.1) is 0 Å². The molecular weight excluding hydrogens is 510 g/mol. The molecule has 0 aromatic heterocycles. The van der Waals surface area contributed by atoms with Crippen LogP contribution in [-0.4, -0.2) is 72.1 Å². The molecule has 0 fully saturated rings. The first-order chi connectivity index (χ1) is 2.00. The Bertz CT molecular complexity index is 92.9. The summed E-state index contributed by atoms with van der Waals surface area (Å²) in [6, 6.07) is 0. The van der Waals surface area contributed by atoms with Gasteiger partial charge < -0.3 is 0 Å². The predicted octanol–water partition coefficient (Wildman–Crippen LogP) is -2.49. The van der Waals surface area contributed by atoms with Crippen molar-refractivity contribution in [3.05, 3.63) is 0 Å². The fourth-order valence-corrected chi connectivity index (χ4v) is 0. The van der Waals surface area contributed by atoms with E-state index >= 15 is 0 Å². The van der Waals surface area contributed by atoms with Gasteiger partial charge >= 0.3 is 65.0 Å². The van der Waals surface area contributed by atoms with E-state index in [1.807, 2.05) is 0 Å². The Morgan fingerprint density at radius 2 is 1.00 bits per heavy atom. The third kappa shape index (κ3) is 85.7. The molecule has 44 valence electrons. The molecule has 0 saturated heterocycles. The molecule has 0 aliphatic rings. The van der Waals surface area contributed by atoms with Gasteiger partial charge in [-0.25, -0.2) is 0 Å². The van der Waals surface area contributed by atoms with Crippen LogP contribution in [0.1, 0.15) is 0 Å². The molecule has 4 nitrogen and oxygen atoms in total. The van der Waals surface area contributed by atoms with Crippen molar-refractivity contribution >= 4 is 65.0 Å². The summed E-state index contributed by atoms with van der Waals surface area (Å²) in [5.74, 6) is 0. The standard InChI is InChI=1S/H2O4S.2Pb.4H/c1-5(2,3)4;;;;;;/h(H2,1,2,3,4);;;;;;. The van der Waals surface area contributed by atoms with Crippen LogP contribution in [0.5, 0.6) is 0 Å². The first kappa shape index (κ1) is 15.9. The van der Waals surface area contributed by atoms with E-state index in [1.54, 1.807) is 0 Å². The second-order valence-corrected chi connectivity index (χ2v) is 1.34. The van der Waals surface area contributed by atoms with Crippen molar-refractivity contribution in [1.29, 1.82) is 0 Å². The summed E-state index contributed by atoms with van der Waals surface area (Å²) in [6.07, 6.45) is 0. The first-order valence-electron chi connectivity index (χ1n) is 0.698. The van der Waals surface area contributed by atoms with E-state index < -0.39 is 10.4 Å². The Balaban J connectivity index is -0.0000000800. The van der Waals surface area contributed by atoms with Crippen molar-refractivity contribution in [2.24, 2.45) is 0 Å². The van der Waals surface area contributed by atoms with Crippen LogP contribution >= 0.6 is 0 Å².